The summed E-state index contributed by atoms with van der Waals surface area (Å²) >= 11 is 0. The summed E-state index contributed by atoms with van der Waals surface area (Å²) < 4.78 is 26.1. The van der Waals surface area contributed by atoms with Gasteiger partial charge in [0.2, 0.25) is 10.0 Å². The molecule has 1 aromatic rings. The van der Waals surface area contributed by atoms with Crippen molar-refractivity contribution in [1.82, 2.24) is 9.29 Å². The summed E-state index contributed by atoms with van der Waals surface area (Å²) in [6, 6.07) is 2.31. The van der Waals surface area contributed by atoms with Crippen molar-refractivity contribution in [1.29, 1.82) is 0 Å². The Labute approximate surface area is 116 Å². The molecule has 110 valence electrons. The quantitative estimate of drug-likeness (QED) is 0.633. The van der Waals surface area contributed by atoms with Gasteiger partial charge >= 0.3 is 5.82 Å². The van der Waals surface area contributed by atoms with E-state index in [4.69, 9.17) is 5.73 Å². The Bertz CT molecular complexity index is 579. The molecule has 0 spiro atoms. The lowest BCUT2D eigenvalue weighted by atomic mass is 9.99. The van der Waals surface area contributed by atoms with Crippen LogP contribution < -0.4 is 5.73 Å². The normalized spacial score (nSPS) is 18.1. The summed E-state index contributed by atoms with van der Waals surface area (Å²) in [5, 5.41) is 10.5. The molecule has 0 saturated carbocycles. The van der Waals surface area contributed by atoms with Gasteiger partial charge in [-0.3, -0.25) is 0 Å². The molecule has 0 radical (unpaired) electrons. The minimum Gasteiger partial charge on any atom is -0.358 e. The van der Waals surface area contributed by atoms with Crippen molar-refractivity contribution in [2.45, 2.75) is 17.7 Å². The predicted molar refractivity (Wildman–Crippen MR) is 71.4 cm³/mol. The van der Waals surface area contributed by atoms with E-state index in [2.05, 4.69) is 4.98 Å². The smallest absolute Gasteiger partial charge is 0.358 e. The van der Waals surface area contributed by atoms with Crippen molar-refractivity contribution in [2.75, 3.05) is 19.6 Å². The molecular formula is C11H16N4O4S. The second-order valence-electron chi connectivity index (χ2n) is 4.69. The van der Waals surface area contributed by atoms with Crippen LogP contribution in [0, 0.1) is 16.0 Å². The van der Waals surface area contributed by atoms with E-state index >= 15 is 0 Å². The zero-order chi connectivity index (χ0) is 14.8. The van der Waals surface area contributed by atoms with Crippen LogP contribution in [0.3, 0.4) is 0 Å². The zero-order valence-electron chi connectivity index (χ0n) is 10.8. The fraction of sp³-hybridized carbons (Fsp3) is 0.545. The van der Waals surface area contributed by atoms with Gasteiger partial charge in [-0.25, -0.2) is 8.42 Å². The lowest BCUT2D eigenvalue weighted by Gasteiger charge is -2.30. The number of sulfonamides is 1. The molecule has 0 bridgehead atoms. The summed E-state index contributed by atoms with van der Waals surface area (Å²) in [5.41, 5.74) is 5.57. The predicted octanol–water partition coefficient (Wildman–Crippen LogP) is 0.349. The van der Waals surface area contributed by atoms with Crippen LogP contribution in [0.2, 0.25) is 0 Å². The average molecular weight is 300 g/mol. The minimum atomic E-state index is -3.63. The highest BCUT2D eigenvalue weighted by molar-refractivity contribution is 7.89. The van der Waals surface area contributed by atoms with Crippen LogP contribution in [0.25, 0.3) is 0 Å². The minimum absolute atomic E-state index is 0.0192. The van der Waals surface area contributed by atoms with Gasteiger partial charge in [-0.05, 0) is 41.3 Å². The van der Waals surface area contributed by atoms with Crippen LogP contribution >= 0.6 is 0 Å². The fourth-order valence-electron chi connectivity index (χ4n) is 2.17. The van der Waals surface area contributed by atoms with Gasteiger partial charge in [0.25, 0.3) is 0 Å². The van der Waals surface area contributed by atoms with Crippen molar-refractivity contribution in [3.63, 3.8) is 0 Å². The van der Waals surface area contributed by atoms with Gasteiger partial charge in [-0.15, -0.1) is 0 Å². The Morgan fingerprint density at radius 1 is 1.40 bits per heavy atom. The SMILES string of the molecule is NCC1CCN(S(=O)(=O)c2ccc([N+](=O)[O-])nc2)CC1. The van der Waals surface area contributed by atoms with Crippen molar-refractivity contribution < 1.29 is 13.3 Å². The van der Waals surface area contributed by atoms with E-state index in [-0.39, 0.29) is 10.7 Å². The molecule has 9 heteroatoms. The first kappa shape index (κ1) is 14.8. The standard InChI is InChI=1S/C11H16N4O4S/c12-7-9-3-5-14(6-4-9)20(18,19)10-1-2-11(13-8-10)15(16)17/h1-2,8-9H,3-7,12H2. The Morgan fingerprint density at radius 3 is 2.50 bits per heavy atom. The number of aromatic nitrogens is 1. The number of nitrogens with zero attached hydrogens (tertiary/aromatic N) is 3. The molecule has 0 atom stereocenters. The Balaban J connectivity index is 2.16. The third kappa shape index (κ3) is 2.94. The zero-order valence-corrected chi connectivity index (χ0v) is 11.6. The molecule has 2 heterocycles. The third-order valence-electron chi connectivity index (χ3n) is 3.45. The number of nitro groups is 1. The topological polar surface area (TPSA) is 119 Å². The molecule has 0 aromatic carbocycles. The average Bonchev–Trinajstić information content (AvgIpc) is 2.47. The maximum atomic E-state index is 12.3. The van der Waals surface area contributed by atoms with Gasteiger partial charge in [-0.1, -0.05) is 0 Å². The maximum absolute atomic E-state index is 12.3. The van der Waals surface area contributed by atoms with Crippen LogP contribution in [-0.2, 0) is 10.0 Å². The second-order valence-corrected chi connectivity index (χ2v) is 6.63. The summed E-state index contributed by atoms with van der Waals surface area (Å²) in [6.07, 6.45) is 2.49. The van der Waals surface area contributed by atoms with Crippen molar-refractivity contribution in [3.8, 4) is 0 Å². The van der Waals surface area contributed by atoms with Crippen LogP contribution in [0.4, 0.5) is 5.82 Å². The molecule has 8 nitrogen and oxygen atoms in total. The summed E-state index contributed by atoms with van der Waals surface area (Å²) in [5.74, 6) is -0.0118. The van der Waals surface area contributed by atoms with Crippen LogP contribution in [0.1, 0.15) is 12.8 Å². The first-order chi connectivity index (χ1) is 9.45. The van der Waals surface area contributed by atoms with E-state index < -0.39 is 14.9 Å². The molecule has 1 aliphatic rings. The molecule has 1 saturated heterocycles. The summed E-state index contributed by atoms with van der Waals surface area (Å²) in [6.45, 7) is 1.40. The number of nitrogens with two attached hydrogens (primary N) is 1. The monoisotopic (exact) mass is 300 g/mol. The van der Waals surface area contributed by atoms with Crippen LogP contribution in [0.5, 0.6) is 0 Å². The van der Waals surface area contributed by atoms with E-state index in [1.807, 2.05) is 0 Å². The van der Waals surface area contributed by atoms with Crippen LogP contribution in [0.15, 0.2) is 23.2 Å². The number of rotatable bonds is 4. The summed E-state index contributed by atoms with van der Waals surface area (Å²) in [4.78, 5) is 13.4. The van der Waals surface area contributed by atoms with Gasteiger partial charge in [0.1, 0.15) is 4.90 Å². The molecule has 0 unspecified atom stereocenters. The first-order valence-electron chi connectivity index (χ1n) is 6.26. The third-order valence-corrected chi connectivity index (χ3v) is 5.33. The molecule has 1 aromatic heterocycles. The largest absolute Gasteiger partial charge is 0.363 e. The molecule has 20 heavy (non-hydrogen) atoms. The Kier molecular flexibility index (Phi) is 4.31. The molecule has 2 rings (SSSR count). The van der Waals surface area contributed by atoms with Crippen molar-refractivity contribution in [2.24, 2.45) is 11.7 Å². The molecular weight excluding hydrogens is 284 g/mol. The molecule has 1 aliphatic heterocycles. The van der Waals surface area contributed by atoms with Gasteiger partial charge in [0, 0.05) is 19.2 Å². The van der Waals surface area contributed by atoms with Gasteiger partial charge in [-0.2, -0.15) is 4.31 Å². The molecule has 0 amide bonds. The molecule has 0 aliphatic carbocycles. The Morgan fingerprint density at radius 2 is 2.05 bits per heavy atom. The maximum Gasteiger partial charge on any atom is 0.363 e. The van der Waals surface area contributed by atoms with Crippen molar-refractivity contribution >= 4 is 15.8 Å². The summed E-state index contributed by atoms with van der Waals surface area (Å²) in [7, 11) is -3.63. The van der Waals surface area contributed by atoms with Gasteiger partial charge < -0.3 is 15.8 Å². The van der Waals surface area contributed by atoms with E-state index in [1.165, 1.54) is 10.4 Å². The number of hydrogen-bond acceptors (Lipinski definition) is 6. The highest BCUT2D eigenvalue weighted by Crippen LogP contribution is 2.23. The highest BCUT2D eigenvalue weighted by atomic mass is 32.2. The van der Waals surface area contributed by atoms with E-state index in [1.54, 1.807) is 0 Å². The highest BCUT2D eigenvalue weighted by Gasteiger charge is 2.30. The van der Waals surface area contributed by atoms with Crippen LogP contribution in [-0.4, -0.2) is 42.3 Å². The number of hydrogen-bond donors (Lipinski definition) is 1. The van der Waals surface area contributed by atoms with Crippen molar-refractivity contribution in [3.05, 3.63) is 28.4 Å². The molecule has 2 N–H and O–H groups in total. The lowest BCUT2D eigenvalue weighted by Crippen LogP contribution is -2.40. The fourth-order valence-corrected chi connectivity index (χ4v) is 3.58. The van der Waals surface area contributed by atoms with E-state index in [0.717, 1.165) is 25.1 Å². The van der Waals surface area contributed by atoms with Gasteiger partial charge in [0.15, 0.2) is 6.20 Å². The number of piperidine rings is 1. The van der Waals surface area contributed by atoms with E-state index in [9.17, 15) is 18.5 Å². The number of pyridine rings is 1. The second kappa shape index (κ2) is 5.81. The van der Waals surface area contributed by atoms with Gasteiger partial charge in [0.05, 0.1) is 0 Å². The first-order valence-corrected chi connectivity index (χ1v) is 7.70. The van der Waals surface area contributed by atoms with E-state index in [0.29, 0.717) is 25.6 Å². The molecule has 1 fully saturated rings. The Hall–Kier alpha value is -1.58. The lowest BCUT2D eigenvalue weighted by molar-refractivity contribution is -0.389.